The molecule has 0 saturated heterocycles. The van der Waals surface area contributed by atoms with Crippen molar-refractivity contribution in [1.29, 1.82) is 5.26 Å². The molecular weight excluding hydrogens is 679 g/mol. The lowest BCUT2D eigenvalue weighted by Crippen LogP contribution is -1.96. The maximum absolute atomic E-state index is 9.34. The van der Waals surface area contributed by atoms with Crippen LogP contribution in [-0.2, 0) is 0 Å². The van der Waals surface area contributed by atoms with Crippen LogP contribution in [-0.4, -0.2) is 9.97 Å². The molecule has 0 aliphatic rings. The third-order valence-corrected chi connectivity index (χ3v) is 10.7. The zero-order chi connectivity index (χ0) is 37.4. The molecule has 0 bridgehead atoms. The molecule has 0 amide bonds. The second kappa shape index (κ2) is 14.0. The van der Waals surface area contributed by atoms with Crippen molar-refractivity contribution in [2.45, 2.75) is 0 Å². The van der Waals surface area contributed by atoms with E-state index < -0.39 is 0 Å². The van der Waals surface area contributed by atoms with Crippen LogP contribution in [0.4, 0.5) is 0 Å². The average Bonchev–Trinajstić information content (AvgIpc) is 3.28. The monoisotopic (exact) mass is 711 g/mol. The number of fused-ring (bicyclic) bond motifs is 4. The van der Waals surface area contributed by atoms with Crippen molar-refractivity contribution in [2.75, 3.05) is 0 Å². The molecular formula is C53H33N3. The van der Waals surface area contributed by atoms with Gasteiger partial charge in [0.25, 0.3) is 0 Å². The highest BCUT2D eigenvalue weighted by atomic mass is 14.9. The average molecular weight is 712 g/mol. The zero-order valence-electron chi connectivity index (χ0n) is 30.4. The summed E-state index contributed by atoms with van der Waals surface area (Å²) in [4.78, 5) is 9.95. The molecule has 1 heterocycles. The Bertz CT molecular complexity index is 3090. The minimum absolute atomic E-state index is 0.617. The van der Waals surface area contributed by atoms with Gasteiger partial charge in [0.15, 0.2) is 5.82 Å². The van der Waals surface area contributed by atoms with E-state index in [1.165, 1.54) is 54.6 Å². The van der Waals surface area contributed by atoms with Gasteiger partial charge in [-0.3, -0.25) is 0 Å². The standard InChI is InChI=1S/C53H33N3/c54-34-35-19-21-39(22-20-35)48-33-49(56-53(55-48)43-14-5-2-6-15-43)40-27-23-36(24-28-40)37-25-29-42(30-26-37)51-46-18-10-9-17-45(46)50(41-12-3-1-4-13-41)47-32-31-38-11-7-8-16-44(38)52(47)51/h1-33H. The smallest absolute Gasteiger partial charge is 0.160 e. The Morgan fingerprint density at radius 2 is 0.804 bits per heavy atom. The summed E-state index contributed by atoms with van der Waals surface area (Å²) in [5.41, 5.74) is 12.4. The zero-order valence-corrected chi connectivity index (χ0v) is 30.4. The molecule has 0 radical (unpaired) electrons. The van der Waals surface area contributed by atoms with Crippen LogP contribution in [0.2, 0.25) is 0 Å². The van der Waals surface area contributed by atoms with E-state index in [4.69, 9.17) is 9.97 Å². The Kier molecular flexibility index (Phi) is 8.21. The molecule has 3 heteroatoms. The van der Waals surface area contributed by atoms with Crippen LogP contribution in [0.5, 0.6) is 0 Å². The number of hydrogen-bond acceptors (Lipinski definition) is 3. The van der Waals surface area contributed by atoms with Crippen molar-refractivity contribution in [1.82, 2.24) is 9.97 Å². The first-order valence-corrected chi connectivity index (χ1v) is 18.8. The molecule has 0 N–H and O–H groups in total. The van der Waals surface area contributed by atoms with Gasteiger partial charge in [-0.15, -0.1) is 0 Å². The first-order chi connectivity index (χ1) is 27.7. The van der Waals surface area contributed by atoms with Crippen LogP contribution < -0.4 is 0 Å². The van der Waals surface area contributed by atoms with Crippen LogP contribution >= 0.6 is 0 Å². The van der Waals surface area contributed by atoms with Gasteiger partial charge in [0.1, 0.15) is 0 Å². The van der Waals surface area contributed by atoms with E-state index in [1.54, 1.807) is 0 Å². The fourth-order valence-corrected chi connectivity index (χ4v) is 8.00. The molecule has 3 nitrogen and oxygen atoms in total. The van der Waals surface area contributed by atoms with Gasteiger partial charge >= 0.3 is 0 Å². The lowest BCUT2D eigenvalue weighted by atomic mass is 9.84. The quantitative estimate of drug-likeness (QED) is 0.127. The Balaban J connectivity index is 1.06. The van der Waals surface area contributed by atoms with Gasteiger partial charge in [0, 0.05) is 16.7 Å². The van der Waals surface area contributed by atoms with Crippen molar-refractivity contribution >= 4 is 32.3 Å². The molecule has 0 aliphatic heterocycles. The first kappa shape index (κ1) is 32.9. The Morgan fingerprint density at radius 1 is 0.339 bits per heavy atom. The van der Waals surface area contributed by atoms with Gasteiger partial charge in [0.05, 0.1) is 23.0 Å². The fourth-order valence-electron chi connectivity index (χ4n) is 8.00. The summed E-state index contributed by atoms with van der Waals surface area (Å²) in [6.07, 6.45) is 0. The molecule has 1 aromatic heterocycles. The topological polar surface area (TPSA) is 49.6 Å². The van der Waals surface area contributed by atoms with Crippen molar-refractivity contribution in [3.8, 4) is 73.4 Å². The second-order valence-electron chi connectivity index (χ2n) is 14.0. The van der Waals surface area contributed by atoms with E-state index in [1.807, 2.05) is 60.7 Å². The predicted octanol–water partition coefficient (Wildman–Crippen LogP) is 13.8. The number of aromatic nitrogens is 2. The SMILES string of the molecule is N#Cc1ccc(-c2cc(-c3ccc(-c4ccc(-c5c6ccccc6c(-c6ccccc6)c6ccc7ccccc7c56)cc4)cc3)nc(-c3ccccc3)n2)cc1. The molecule has 9 aromatic carbocycles. The number of benzene rings is 9. The molecule has 0 fully saturated rings. The normalized spacial score (nSPS) is 11.2. The third kappa shape index (κ3) is 5.87. The van der Waals surface area contributed by atoms with E-state index in [0.29, 0.717) is 11.4 Å². The molecule has 0 aliphatic carbocycles. The maximum Gasteiger partial charge on any atom is 0.160 e. The third-order valence-electron chi connectivity index (χ3n) is 10.7. The van der Waals surface area contributed by atoms with E-state index in [-0.39, 0.29) is 0 Å². The molecule has 10 rings (SSSR count). The van der Waals surface area contributed by atoms with E-state index in [9.17, 15) is 5.26 Å². The van der Waals surface area contributed by atoms with Gasteiger partial charge in [0.2, 0.25) is 0 Å². The van der Waals surface area contributed by atoms with Crippen LogP contribution in [0.3, 0.4) is 0 Å². The highest BCUT2D eigenvalue weighted by Crippen LogP contribution is 2.46. The molecule has 0 spiro atoms. The van der Waals surface area contributed by atoms with Gasteiger partial charge in [-0.25, -0.2) is 9.97 Å². The lowest BCUT2D eigenvalue weighted by molar-refractivity contribution is 1.18. The Hall–Kier alpha value is -7.67. The van der Waals surface area contributed by atoms with Crippen molar-refractivity contribution in [2.24, 2.45) is 0 Å². The fraction of sp³-hybridized carbons (Fsp3) is 0. The van der Waals surface area contributed by atoms with Crippen LogP contribution in [0.1, 0.15) is 5.56 Å². The predicted molar refractivity (Wildman–Crippen MR) is 232 cm³/mol. The lowest BCUT2D eigenvalue weighted by Gasteiger charge is -2.19. The Morgan fingerprint density at radius 3 is 1.41 bits per heavy atom. The highest BCUT2D eigenvalue weighted by Gasteiger charge is 2.19. The maximum atomic E-state index is 9.34. The Labute approximate surface area is 325 Å². The molecule has 10 aromatic rings. The minimum atomic E-state index is 0.617. The molecule has 0 saturated carbocycles. The van der Waals surface area contributed by atoms with Crippen LogP contribution in [0.25, 0.3) is 99.6 Å². The van der Waals surface area contributed by atoms with E-state index >= 15 is 0 Å². The summed E-state index contributed by atoms with van der Waals surface area (Å²) in [5, 5.41) is 16.8. The van der Waals surface area contributed by atoms with Gasteiger partial charge in [-0.05, 0) is 83.9 Å². The minimum Gasteiger partial charge on any atom is -0.228 e. The highest BCUT2D eigenvalue weighted by molar-refractivity contribution is 6.27. The van der Waals surface area contributed by atoms with E-state index in [0.717, 1.165) is 39.2 Å². The van der Waals surface area contributed by atoms with E-state index in [2.05, 4.69) is 146 Å². The number of nitriles is 1. The van der Waals surface area contributed by atoms with Gasteiger partial charge in [-0.1, -0.05) is 182 Å². The summed E-state index contributed by atoms with van der Waals surface area (Å²) in [6, 6.07) is 72.4. The molecule has 56 heavy (non-hydrogen) atoms. The van der Waals surface area contributed by atoms with Crippen molar-refractivity contribution < 1.29 is 0 Å². The van der Waals surface area contributed by atoms with Gasteiger partial charge in [-0.2, -0.15) is 5.26 Å². The van der Waals surface area contributed by atoms with Gasteiger partial charge < -0.3 is 0 Å². The first-order valence-electron chi connectivity index (χ1n) is 18.8. The second-order valence-corrected chi connectivity index (χ2v) is 14.0. The summed E-state index contributed by atoms with van der Waals surface area (Å²) in [6.45, 7) is 0. The van der Waals surface area contributed by atoms with Crippen molar-refractivity contribution in [3.05, 3.63) is 206 Å². The van der Waals surface area contributed by atoms with Crippen molar-refractivity contribution in [3.63, 3.8) is 0 Å². The largest absolute Gasteiger partial charge is 0.228 e. The number of hydrogen-bond donors (Lipinski definition) is 0. The summed E-state index contributed by atoms with van der Waals surface area (Å²) < 4.78 is 0. The van der Waals surface area contributed by atoms with Crippen LogP contribution in [0, 0.1) is 11.3 Å². The number of rotatable bonds is 6. The number of nitrogens with zero attached hydrogens (tertiary/aromatic N) is 3. The summed E-state index contributed by atoms with van der Waals surface area (Å²) in [7, 11) is 0. The molecule has 0 atom stereocenters. The molecule has 260 valence electrons. The molecule has 0 unspecified atom stereocenters. The summed E-state index contributed by atoms with van der Waals surface area (Å²) >= 11 is 0. The summed E-state index contributed by atoms with van der Waals surface area (Å²) in [5.74, 6) is 0.659. The van der Waals surface area contributed by atoms with Crippen LogP contribution in [0.15, 0.2) is 200 Å².